The van der Waals surface area contributed by atoms with Crippen molar-refractivity contribution in [3.05, 3.63) is 22.7 Å². The fourth-order valence-corrected chi connectivity index (χ4v) is 2.86. The van der Waals surface area contributed by atoms with Gasteiger partial charge in [-0.25, -0.2) is 0 Å². The minimum Gasteiger partial charge on any atom is -0.309 e. The molecule has 2 N–H and O–H groups in total. The monoisotopic (exact) mass is 256 g/mol. The molecule has 0 spiro atoms. The molecule has 0 saturated carbocycles. The van der Waals surface area contributed by atoms with Gasteiger partial charge in [0.2, 0.25) is 5.91 Å². The van der Waals surface area contributed by atoms with E-state index in [4.69, 9.17) is 16.7 Å². The number of anilines is 1. The zero-order valence-electron chi connectivity index (χ0n) is 9.16. The van der Waals surface area contributed by atoms with Gasteiger partial charge in [0.15, 0.2) is 0 Å². The number of carbonyl (C=O) groups is 1. The van der Waals surface area contributed by atoms with Gasteiger partial charge in [0, 0.05) is 23.5 Å². The van der Waals surface area contributed by atoms with Crippen molar-refractivity contribution in [2.24, 2.45) is 5.14 Å². The largest absolute Gasteiger partial charge is 0.309 e. The van der Waals surface area contributed by atoms with Gasteiger partial charge in [0.25, 0.3) is 0 Å². The molecule has 5 heteroatoms. The molecule has 3 nitrogen and oxygen atoms in total. The van der Waals surface area contributed by atoms with E-state index in [1.54, 1.807) is 11.8 Å². The highest BCUT2D eigenvalue weighted by Gasteiger charge is 2.29. The minimum atomic E-state index is 0.0570. The summed E-state index contributed by atoms with van der Waals surface area (Å²) in [6.07, 6.45) is 0.851. The Bertz CT molecular complexity index is 450. The zero-order valence-corrected chi connectivity index (χ0v) is 10.7. The van der Waals surface area contributed by atoms with Gasteiger partial charge in [0.05, 0.1) is 5.02 Å². The Hall–Kier alpha value is -0.710. The summed E-state index contributed by atoms with van der Waals surface area (Å²) in [6, 6.07) is 4.00. The molecule has 0 saturated heterocycles. The number of halogens is 1. The van der Waals surface area contributed by atoms with E-state index >= 15 is 0 Å². The maximum atomic E-state index is 11.6. The second kappa shape index (κ2) is 4.28. The van der Waals surface area contributed by atoms with Crippen LogP contribution in [0, 0.1) is 0 Å². The Kier molecular flexibility index (Phi) is 3.15. The molecule has 1 amide bonds. The standard InChI is InChI=1S/C11H13ClN2OS/c1-6-3-8-4-9(12)11(16-13)5-10(8)14(6)7(2)15/h4-6H,3,13H2,1-2H3. The first kappa shape index (κ1) is 11.8. The number of hydrogen-bond acceptors (Lipinski definition) is 3. The average molecular weight is 257 g/mol. The highest BCUT2D eigenvalue weighted by Crippen LogP contribution is 2.38. The summed E-state index contributed by atoms with van der Waals surface area (Å²) in [5.41, 5.74) is 2.06. The van der Waals surface area contributed by atoms with Crippen LogP contribution in [-0.4, -0.2) is 11.9 Å². The van der Waals surface area contributed by atoms with Crippen LogP contribution in [0.15, 0.2) is 17.0 Å². The summed E-state index contributed by atoms with van der Waals surface area (Å²) >= 11 is 7.19. The molecule has 2 rings (SSSR count). The third-order valence-electron chi connectivity index (χ3n) is 2.82. The lowest BCUT2D eigenvalue weighted by Crippen LogP contribution is -2.33. The summed E-state index contributed by atoms with van der Waals surface area (Å²) in [5.74, 6) is 0.0570. The number of carbonyl (C=O) groups excluding carboxylic acids is 1. The van der Waals surface area contributed by atoms with Crippen molar-refractivity contribution in [3.8, 4) is 0 Å². The van der Waals surface area contributed by atoms with Crippen LogP contribution in [0.3, 0.4) is 0 Å². The Morgan fingerprint density at radius 2 is 2.31 bits per heavy atom. The highest BCUT2D eigenvalue weighted by atomic mass is 35.5. The molecule has 0 bridgehead atoms. The number of benzene rings is 1. The van der Waals surface area contributed by atoms with Gasteiger partial charge in [-0.2, -0.15) is 0 Å². The predicted molar refractivity (Wildman–Crippen MR) is 67.8 cm³/mol. The van der Waals surface area contributed by atoms with Crippen LogP contribution >= 0.6 is 23.5 Å². The quantitative estimate of drug-likeness (QED) is 0.786. The number of fused-ring (bicyclic) bond motifs is 1. The van der Waals surface area contributed by atoms with Gasteiger partial charge in [-0.1, -0.05) is 11.6 Å². The normalized spacial score (nSPS) is 18.8. The molecule has 86 valence electrons. The predicted octanol–water partition coefficient (Wildman–Crippen LogP) is 2.60. The molecule has 1 atom stereocenters. The van der Waals surface area contributed by atoms with Gasteiger partial charge < -0.3 is 4.90 Å². The molecule has 1 aliphatic rings. The Morgan fingerprint density at radius 3 is 2.88 bits per heavy atom. The summed E-state index contributed by atoms with van der Waals surface area (Å²) in [6.45, 7) is 3.61. The van der Waals surface area contributed by atoms with Gasteiger partial charge in [-0.15, -0.1) is 0 Å². The van der Waals surface area contributed by atoms with E-state index in [2.05, 4.69) is 0 Å². The minimum absolute atomic E-state index is 0.0570. The van der Waals surface area contributed by atoms with Crippen LogP contribution in [-0.2, 0) is 11.2 Å². The van der Waals surface area contributed by atoms with Crippen molar-refractivity contribution < 1.29 is 4.79 Å². The lowest BCUT2D eigenvalue weighted by molar-refractivity contribution is -0.116. The first-order valence-electron chi connectivity index (χ1n) is 5.03. The molecule has 0 fully saturated rings. The molecule has 16 heavy (non-hydrogen) atoms. The number of nitrogens with zero attached hydrogens (tertiary/aromatic N) is 1. The maximum absolute atomic E-state index is 11.6. The molecule has 0 aliphatic carbocycles. The molecule has 1 aromatic carbocycles. The lowest BCUT2D eigenvalue weighted by Gasteiger charge is -2.21. The van der Waals surface area contributed by atoms with E-state index in [0.29, 0.717) is 5.02 Å². The summed E-state index contributed by atoms with van der Waals surface area (Å²) in [4.78, 5) is 14.2. The van der Waals surface area contributed by atoms with Crippen molar-refractivity contribution in [1.29, 1.82) is 0 Å². The second-order valence-electron chi connectivity index (χ2n) is 3.97. The molecule has 0 aromatic heterocycles. The van der Waals surface area contributed by atoms with Gasteiger partial charge in [-0.3, -0.25) is 9.93 Å². The molecule has 1 unspecified atom stereocenters. The zero-order chi connectivity index (χ0) is 11.9. The van der Waals surface area contributed by atoms with E-state index in [9.17, 15) is 4.79 Å². The van der Waals surface area contributed by atoms with E-state index < -0.39 is 0 Å². The number of nitrogens with two attached hydrogens (primary N) is 1. The molecular weight excluding hydrogens is 244 g/mol. The molecule has 1 aliphatic heterocycles. The van der Waals surface area contributed by atoms with Crippen molar-refractivity contribution in [2.45, 2.75) is 31.2 Å². The third kappa shape index (κ3) is 1.81. The summed E-state index contributed by atoms with van der Waals surface area (Å²) in [5, 5.41) is 6.19. The molecule has 1 heterocycles. The van der Waals surface area contributed by atoms with Gasteiger partial charge >= 0.3 is 0 Å². The maximum Gasteiger partial charge on any atom is 0.224 e. The number of hydrogen-bond donors (Lipinski definition) is 1. The van der Waals surface area contributed by atoms with E-state index in [1.165, 1.54) is 0 Å². The van der Waals surface area contributed by atoms with Crippen LogP contribution < -0.4 is 10.0 Å². The fraction of sp³-hybridized carbons (Fsp3) is 0.364. The lowest BCUT2D eigenvalue weighted by atomic mass is 10.1. The Balaban J connectivity index is 2.52. The van der Waals surface area contributed by atoms with Crippen LogP contribution in [0.25, 0.3) is 0 Å². The van der Waals surface area contributed by atoms with Crippen LogP contribution in [0.2, 0.25) is 5.02 Å². The fourth-order valence-electron chi connectivity index (χ4n) is 2.19. The third-order valence-corrected chi connectivity index (χ3v) is 3.83. The van der Waals surface area contributed by atoms with E-state index in [1.807, 2.05) is 19.1 Å². The first-order chi connectivity index (χ1) is 7.54. The summed E-state index contributed by atoms with van der Waals surface area (Å²) in [7, 11) is 0. The van der Waals surface area contributed by atoms with Crippen molar-refractivity contribution in [1.82, 2.24) is 0 Å². The van der Waals surface area contributed by atoms with Crippen LogP contribution in [0.1, 0.15) is 19.4 Å². The second-order valence-corrected chi connectivity index (χ2v) is 5.05. The van der Waals surface area contributed by atoms with Crippen LogP contribution in [0.4, 0.5) is 5.69 Å². The number of amides is 1. The summed E-state index contributed by atoms with van der Waals surface area (Å²) < 4.78 is 0. The van der Waals surface area contributed by atoms with E-state index in [0.717, 1.165) is 34.5 Å². The Labute approximate surface area is 104 Å². The SMILES string of the molecule is CC(=O)N1c2cc(SN)c(Cl)cc2CC1C. The van der Waals surface area contributed by atoms with Gasteiger partial charge in [0.1, 0.15) is 0 Å². The average Bonchev–Trinajstić information content (AvgIpc) is 2.51. The van der Waals surface area contributed by atoms with Crippen molar-refractivity contribution >= 4 is 35.1 Å². The first-order valence-corrected chi connectivity index (χ1v) is 6.29. The van der Waals surface area contributed by atoms with Crippen molar-refractivity contribution in [2.75, 3.05) is 4.90 Å². The molecule has 0 radical (unpaired) electrons. The highest BCUT2D eigenvalue weighted by molar-refractivity contribution is 7.97. The topological polar surface area (TPSA) is 46.3 Å². The molecular formula is C11H13ClN2OS. The van der Waals surface area contributed by atoms with Crippen molar-refractivity contribution in [3.63, 3.8) is 0 Å². The number of rotatable bonds is 1. The Morgan fingerprint density at radius 1 is 1.62 bits per heavy atom. The molecule has 1 aromatic rings. The van der Waals surface area contributed by atoms with E-state index in [-0.39, 0.29) is 11.9 Å². The van der Waals surface area contributed by atoms with Crippen LogP contribution in [0.5, 0.6) is 0 Å². The van der Waals surface area contributed by atoms with Gasteiger partial charge in [-0.05, 0) is 43.0 Å². The smallest absolute Gasteiger partial charge is 0.224 e.